The number of hydrogen-bond acceptors (Lipinski definition) is 7. The Bertz CT molecular complexity index is 2190. The molecular weight excluding hydrogens is 712 g/mol. The van der Waals surface area contributed by atoms with Crippen molar-refractivity contribution < 1.29 is 19.1 Å². The molecule has 0 radical (unpaired) electrons. The number of rotatable bonds is 13. The maximum atomic E-state index is 13.8. The molecule has 6 aromatic rings. The lowest BCUT2D eigenvalue weighted by Gasteiger charge is -2.17. The number of carbonyl (C=O) groups excluding carboxylic acids is 3. The van der Waals surface area contributed by atoms with Gasteiger partial charge in [-0.3, -0.25) is 14.4 Å². The fraction of sp³-hybridized carbons (Fsp3) is 0.0732. The predicted octanol–water partition coefficient (Wildman–Crippen LogP) is 9.74. The van der Waals surface area contributed by atoms with Gasteiger partial charge in [-0.15, -0.1) is 23.1 Å². The van der Waals surface area contributed by atoms with Gasteiger partial charge >= 0.3 is 0 Å². The summed E-state index contributed by atoms with van der Waals surface area (Å²) in [6.45, 7) is 2.43. The van der Waals surface area contributed by atoms with Crippen LogP contribution in [0.25, 0.3) is 17.3 Å². The van der Waals surface area contributed by atoms with Crippen molar-refractivity contribution in [1.29, 1.82) is 0 Å². The van der Waals surface area contributed by atoms with Crippen LogP contribution in [0.4, 0.5) is 10.8 Å². The van der Waals surface area contributed by atoms with Gasteiger partial charge in [-0.1, -0.05) is 96.5 Å². The van der Waals surface area contributed by atoms with Crippen molar-refractivity contribution in [3.8, 4) is 17.0 Å². The van der Waals surface area contributed by atoms with Crippen molar-refractivity contribution in [1.82, 2.24) is 10.3 Å². The van der Waals surface area contributed by atoms with Gasteiger partial charge < -0.3 is 20.7 Å². The zero-order valence-electron chi connectivity index (χ0n) is 27.9. The zero-order valence-corrected chi connectivity index (χ0v) is 30.3. The molecule has 52 heavy (non-hydrogen) atoms. The monoisotopic (exact) mass is 744 g/mol. The summed E-state index contributed by atoms with van der Waals surface area (Å²) >= 11 is 9.03. The second-order valence-corrected chi connectivity index (χ2v) is 13.7. The van der Waals surface area contributed by atoms with Crippen LogP contribution in [-0.2, 0) is 9.59 Å². The third-order valence-electron chi connectivity index (χ3n) is 7.60. The molecule has 0 bridgehead atoms. The summed E-state index contributed by atoms with van der Waals surface area (Å²) < 4.78 is 5.54. The van der Waals surface area contributed by atoms with Gasteiger partial charge in [0.25, 0.3) is 11.8 Å². The Balaban J connectivity index is 1.21. The van der Waals surface area contributed by atoms with Gasteiger partial charge in [0.1, 0.15) is 16.7 Å². The Labute approximate surface area is 314 Å². The molecule has 1 aromatic heterocycles. The van der Waals surface area contributed by atoms with Crippen LogP contribution in [0.1, 0.15) is 33.7 Å². The lowest BCUT2D eigenvalue weighted by molar-refractivity contribution is -0.116. The summed E-state index contributed by atoms with van der Waals surface area (Å²) in [6.07, 6.45) is 1.61. The smallest absolute Gasteiger partial charge is 0.272 e. The number of carbonyl (C=O) groups is 3. The molecule has 0 saturated carbocycles. The first kappa shape index (κ1) is 36.1. The highest BCUT2D eigenvalue weighted by molar-refractivity contribution is 8.00. The van der Waals surface area contributed by atoms with Crippen molar-refractivity contribution in [2.45, 2.75) is 17.1 Å². The molecule has 0 fully saturated rings. The lowest BCUT2D eigenvalue weighted by Crippen LogP contribution is -2.30. The van der Waals surface area contributed by atoms with Crippen molar-refractivity contribution in [2.75, 3.05) is 17.2 Å². The van der Waals surface area contributed by atoms with Gasteiger partial charge in [0.05, 0.1) is 12.3 Å². The summed E-state index contributed by atoms with van der Waals surface area (Å²) in [5, 5.41) is 10.9. The fourth-order valence-electron chi connectivity index (χ4n) is 5.11. The number of halogens is 1. The number of amides is 3. The molecule has 260 valence electrons. The minimum absolute atomic E-state index is 0.0530. The number of anilines is 2. The Hall–Kier alpha value is -5.68. The highest BCUT2D eigenvalue weighted by Gasteiger charge is 2.24. The molecule has 0 aliphatic carbocycles. The number of benzene rings is 5. The number of nitrogens with one attached hydrogen (secondary N) is 3. The fourth-order valence-corrected chi connectivity index (χ4v) is 7.14. The van der Waals surface area contributed by atoms with E-state index in [9.17, 15) is 14.4 Å². The van der Waals surface area contributed by atoms with Crippen LogP contribution in [0.15, 0.2) is 149 Å². The number of thioether (sulfide) groups is 1. The number of aromatic nitrogens is 1. The highest BCUT2D eigenvalue weighted by Crippen LogP contribution is 2.38. The molecule has 3 amide bonds. The van der Waals surface area contributed by atoms with Gasteiger partial charge in [-0.25, -0.2) is 4.98 Å². The summed E-state index contributed by atoms with van der Waals surface area (Å²) in [5.74, 6) is -0.497. The van der Waals surface area contributed by atoms with E-state index in [0.29, 0.717) is 45.0 Å². The van der Waals surface area contributed by atoms with E-state index in [-0.39, 0.29) is 11.6 Å². The van der Waals surface area contributed by atoms with Crippen LogP contribution >= 0.6 is 34.7 Å². The molecule has 3 N–H and O–H groups in total. The standard InChI is InChI=1S/C41H33ClN4O4S2/c1-2-50-31-22-20-27(21-23-31)24-35(44-38(47)29-14-7-4-8-15-29)39(48)43-30-16-11-17-32(25-30)52-37(28-12-5-3-6-13-28)40(49)46-41-45-36(26-51-41)33-18-9-10-19-34(33)42/h3-26,37H,2H2,1H3,(H,43,48)(H,44,47)(H,45,46,49)/b35-24+. The summed E-state index contributed by atoms with van der Waals surface area (Å²) in [5.41, 5.74) is 3.90. The van der Waals surface area contributed by atoms with Crippen LogP contribution in [0, 0.1) is 0 Å². The minimum Gasteiger partial charge on any atom is -0.494 e. The highest BCUT2D eigenvalue weighted by atomic mass is 35.5. The number of thiazole rings is 1. The van der Waals surface area contributed by atoms with Gasteiger partial charge in [-0.2, -0.15) is 0 Å². The third-order valence-corrected chi connectivity index (χ3v) is 9.94. The van der Waals surface area contributed by atoms with Crippen LogP contribution in [0.5, 0.6) is 5.75 Å². The molecule has 8 nitrogen and oxygen atoms in total. The molecule has 11 heteroatoms. The van der Waals surface area contributed by atoms with E-state index in [1.165, 1.54) is 23.1 Å². The maximum Gasteiger partial charge on any atom is 0.272 e. The Morgan fingerprint density at radius 2 is 1.56 bits per heavy atom. The molecule has 0 saturated heterocycles. The topological polar surface area (TPSA) is 109 Å². The number of ether oxygens (including phenoxy) is 1. The number of nitrogens with zero attached hydrogens (tertiary/aromatic N) is 1. The molecule has 0 aliphatic rings. The van der Waals surface area contributed by atoms with E-state index in [4.69, 9.17) is 16.3 Å². The Morgan fingerprint density at radius 1 is 0.846 bits per heavy atom. The van der Waals surface area contributed by atoms with Crippen molar-refractivity contribution in [3.05, 3.63) is 166 Å². The molecule has 0 spiro atoms. The van der Waals surface area contributed by atoms with Crippen LogP contribution < -0.4 is 20.7 Å². The zero-order chi connectivity index (χ0) is 36.3. The van der Waals surface area contributed by atoms with Crippen LogP contribution in [0.3, 0.4) is 0 Å². The Morgan fingerprint density at radius 3 is 2.29 bits per heavy atom. The Kier molecular flexibility index (Phi) is 12.2. The van der Waals surface area contributed by atoms with Gasteiger partial charge in [0.15, 0.2) is 5.13 Å². The maximum absolute atomic E-state index is 13.8. The molecule has 0 aliphatic heterocycles. The first-order valence-electron chi connectivity index (χ1n) is 16.3. The average Bonchev–Trinajstić information content (AvgIpc) is 3.63. The first-order chi connectivity index (χ1) is 25.4. The minimum atomic E-state index is -0.639. The predicted molar refractivity (Wildman–Crippen MR) is 211 cm³/mol. The van der Waals surface area contributed by atoms with E-state index in [1.54, 1.807) is 66.7 Å². The summed E-state index contributed by atoms with van der Waals surface area (Å²) in [7, 11) is 0. The quantitative estimate of drug-likeness (QED) is 0.0803. The second kappa shape index (κ2) is 17.5. The molecular formula is C41H33ClN4O4S2. The SMILES string of the molecule is CCOc1ccc(/C=C(/NC(=O)c2ccccc2)C(=O)Nc2cccc(SC(C(=O)Nc3nc(-c4ccccc4Cl)cs3)c3ccccc3)c2)cc1. The van der Waals surface area contributed by atoms with Crippen molar-refractivity contribution in [2.24, 2.45) is 0 Å². The molecule has 1 unspecified atom stereocenters. The van der Waals surface area contributed by atoms with Crippen LogP contribution in [-0.4, -0.2) is 29.3 Å². The van der Waals surface area contributed by atoms with Crippen molar-refractivity contribution >= 4 is 69.3 Å². The normalized spacial score (nSPS) is 11.7. The van der Waals surface area contributed by atoms with E-state index >= 15 is 0 Å². The first-order valence-corrected chi connectivity index (χ1v) is 18.5. The molecule has 6 rings (SSSR count). The average molecular weight is 745 g/mol. The number of hydrogen-bond donors (Lipinski definition) is 3. The largest absolute Gasteiger partial charge is 0.494 e. The summed E-state index contributed by atoms with van der Waals surface area (Å²) in [6, 6.07) is 40.0. The van der Waals surface area contributed by atoms with Gasteiger partial charge in [-0.05, 0) is 72.7 Å². The van der Waals surface area contributed by atoms with Gasteiger partial charge in [0.2, 0.25) is 5.91 Å². The molecule has 1 atom stereocenters. The third kappa shape index (κ3) is 9.55. The molecule has 5 aromatic carbocycles. The second-order valence-electron chi connectivity index (χ2n) is 11.3. The summed E-state index contributed by atoms with van der Waals surface area (Å²) in [4.78, 5) is 46.0. The van der Waals surface area contributed by atoms with Crippen LogP contribution in [0.2, 0.25) is 5.02 Å². The van der Waals surface area contributed by atoms with Gasteiger partial charge in [0, 0.05) is 32.1 Å². The van der Waals surface area contributed by atoms with E-state index < -0.39 is 17.1 Å². The van der Waals surface area contributed by atoms with E-state index in [2.05, 4.69) is 20.9 Å². The lowest BCUT2D eigenvalue weighted by atomic mass is 10.1. The van der Waals surface area contributed by atoms with E-state index in [0.717, 1.165) is 16.0 Å². The van der Waals surface area contributed by atoms with Crippen molar-refractivity contribution in [3.63, 3.8) is 0 Å². The van der Waals surface area contributed by atoms with E-state index in [1.807, 2.05) is 85.1 Å². The molecule has 1 heterocycles.